The van der Waals surface area contributed by atoms with E-state index in [0.29, 0.717) is 12.8 Å². The van der Waals surface area contributed by atoms with E-state index in [-0.39, 0.29) is 29.7 Å². The Morgan fingerprint density at radius 2 is 1.61 bits per heavy atom. The quantitative estimate of drug-likeness (QED) is 0.386. The Balaban J connectivity index is 1.74. The Morgan fingerprint density at radius 3 is 2.19 bits per heavy atom. The number of hydrogen-bond donors (Lipinski definition) is 0. The van der Waals surface area contributed by atoms with E-state index in [2.05, 4.69) is 4.84 Å². The number of carbonyl (C=O) groups is 2. The molecule has 1 saturated heterocycles. The number of benzene rings is 1. The van der Waals surface area contributed by atoms with E-state index < -0.39 is 29.7 Å². The maximum atomic E-state index is 12.7. The molecule has 0 amide bonds. The zero-order valence-corrected chi connectivity index (χ0v) is 15.6. The van der Waals surface area contributed by atoms with Gasteiger partial charge in [0, 0.05) is 6.07 Å². The average molecular weight is 449 g/mol. The summed E-state index contributed by atoms with van der Waals surface area (Å²) in [5.41, 5.74) is -0.0752. The summed E-state index contributed by atoms with van der Waals surface area (Å²) in [6.07, 6.45) is -10.5. The molecule has 0 bridgehead atoms. The molecule has 2 aromatic rings. The maximum Gasteiger partial charge on any atom is 0.495 e. The molecule has 0 radical (unpaired) electrons. The lowest BCUT2D eigenvalue weighted by atomic mass is 10.1. The van der Waals surface area contributed by atoms with Gasteiger partial charge < -0.3 is 4.74 Å². The summed E-state index contributed by atoms with van der Waals surface area (Å²) in [4.78, 5) is 28.2. The maximum absolute atomic E-state index is 12.7. The number of ketones is 1. The van der Waals surface area contributed by atoms with Crippen molar-refractivity contribution >= 4 is 17.6 Å². The van der Waals surface area contributed by atoms with Crippen molar-refractivity contribution in [2.24, 2.45) is 0 Å². The zero-order chi connectivity index (χ0) is 22.8. The van der Waals surface area contributed by atoms with Crippen molar-refractivity contribution in [3.63, 3.8) is 0 Å². The van der Waals surface area contributed by atoms with Gasteiger partial charge in [0.25, 0.3) is 5.78 Å². The predicted molar refractivity (Wildman–Crippen MR) is 91.9 cm³/mol. The molecule has 0 atom stereocenters. The summed E-state index contributed by atoms with van der Waals surface area (Å²) < 4.78 is 81.5. The van der Waals surface area contributed by atoms with E-state index in [9.17, 15) is 35.9 Å². The lowest BCUT2D eigenvalue weighted by molar-refractivity contribution is -0.860. The van der Waals surface area contributed by atoms with Crippen LogP contribution < -0.4 is 14.5 Å². The summed E-state index contributed by atoms with van der Waals surface area (Å²) >= 11 is 0. The fourth-order valence-corrected chi connectivity index (χ4v) is 2.75. The number of hydrogen-bond acceptors (Lipinski definition) is 5. The van der Waals surface area contributed by atoms with Crippen LogP contribution in [0.5, 0.6) is 0 Å². The third kappa shape index (κ3) is 5.51. The van der Waals surface area contributed by atoms with Gasteiger partial charge in [-0.3, -0.25) is 9.69 Å². The molecule has 2 heterocycles. The van der Waals surface area contributed by atoms with Crippen LogP contribution in [0.1, 0.15) is 15.9 Å². The number of alkyl halides is 6. The van der Waals surface area contributed by atoms with E-state index >= 15 is 0 Å². The zero-order valence-electron chi connectivity index (χ0n) is 15.6. The summed E-state index contributed by atoms with van der Waals surface area (Å²) in [7, 11) is 0. The molecule has 1 aliphatic rings. The van der Waals surface area contributed by atoms with Crippen LogP contribution in [0.25, 0.3) is 0 Å². The molecule has 0 spiro atoms. The summed E-state index contributed by atoms with van der Waals surface area (Å²) in [5, 5.41) is 0. The van der Waals surface area contributed by atoms with Crippen molar-refractivity contribution in [2.45, 2.75) is 25.1 Å². The second kappa shape index (κ2) is 8.53. The molecule has 1 fully saturated rings. The van der Waals surface area contributed by atoms with Gasteiger partial charge in [0.05, 0.1) is 12.2 Å². The summed E-state index contributed by atoms with van der Waals surface area (Å²) in [6.45, 7) is 0.660. The number of rotatable bonds is 6. The molecular weight excluding hydrogens is 434 g/mol. The lowest BCUT2D eigenvalue weighted by Gasteiger charge is -2.33. The first kappa shape index (κ1) is 22.5. The van der Waals surface area contributed by atoms with Crippen molar-refractivity contribution in [1.82, 2.24) is 0 Å². The fourth-order valence-electron chi connectivity index (χ4n) is 2.75. The third-order valence-corrected chi connectivity index (χ3v) is 4.33. The Labute approximate surface area is 171 Å². The van der Waals surface area contributed by atoms with Gasteiger partial charge in [-0.05, 0) is 16.4 Å². The molecule has 3 rings (SSSR count). The minimum absolute atomic E-state index is 0.143. The first-order valence-corrected chi connectivity index (χ1v) is 8.82. The SMILES string of the molecule is O=C(O[n+]1cc(C(=O)C(F)(F)F)ccc1N1CC(OCc2ccccc2)C1)C(F)(F)F. The third-order valence-electron chi connectivity index (χ3n) is 4.33. The average Bonchev–Trinajstić information content (AvgIpc) is 2.66. The van der Waals surface area contributed by atoms with Crippen molar-refractivity contribution in [3.05, 3.63) is 59.8 Å². The highest BCUT2D eigenvalue weighted by molar-refractivity contribution is 5.99. The minimum atomic E-state index is -5.38. The first-order chi connectivity index (χ1) is 14.4. The number of carbonyl (C=O) groups excluding carboxylic acids is 2. The van der Waals surface area contributed by atoms with E-state index in [4.69, 9.17) is 4.74 Å². The summed E-state index contributed by atoms with van der Waals surface area (Å²) in [6, 6.07) is 10.9. The topological polar surface area (TPSA) is 59.7 Å². The van der Waals surface area contributed by atoms with Gasteiger partial charge in [-0.2, -0.15) is 26.3 Å². The first-order valence-electron chi connectivity index (χ1n) is 8.82. The lowest BCUT2D eigenvalue weighted by Crippen LogP contribution is -2.60. The van der Waals surface area contributed by atoms with Crippen LogP contribution >= 0.6 is 0 Å². The highest BCUT2D eigenvalue weighted by atomic mass is 19.4. The van der Waals surface area contributed by atoms with Crippen LogP contribution in [-0.2, 0) is 16.1 Å². The van der Waals surface area contributed by atoms with Crippen LogP contribution in [0.15, 0.2) is 48.7 Å². The van der Waals surface area contributed by atoms with E-state index in [0.717, 1.165) is 17.7 Å². The second-order valence-electron chi connectivity index (χ2n) is 6.63. The van der Waals surface area contributed by atoms with Gasteiger partial charge in [0.2, 0.25) is 0 Å². The molecule has 0 saturated carbocycles. The number of anilines is 1. The van der Waals surface area contributed by atoms with Crippen molar-refractivity contribution in [3.8, 4) is 0 Å². The highest BCUT2D eigenvalue weighted by Crippen LogP contribution is 2.24. The fraction of sp³-hybridized carbons (Fsp3) is 0.316. The van der Waals surface area contributed by atoms with Crippen molar-refractivity contribution in [2.75, 3.05) is 18.0 Å². The van der Waals surface area contributed by atoms with Crippen molar-refractivity contribution in [1.29, 1.82) is 0 Å². The Bertz CT molecular complexity index is 956. The van der Waals surface area contributed by atoms with Gasteiger partial charge in [-0.25, -0.2) is 9.63 Å². The number of ether oxygens (including phenoxy) is 1. The second-order valence-corrected chi connectivity index (χ2v) is 6.63. The molecule has 1 aromatic carbocycles. The van der Waals surface area contributed by atoms with Crippen LogP contribution in [-0.4, -0.2) is 43.3 Å². The van der Waals surface area contributed by atoms with Gasteiger partial charge in [0.15, 0.2) is 0 Å². The standard InChI is InChI=1S/C19H15F6N2O4/c20-18(21,22)16(28)13-6-7-15(27(8-13)31-17(29)19(23,24)25)26-9-14(10-26)30-11-12-4-2-1-3-5-12/h1-8,14H,9-11H2/q+1. The molecular formula is C19H15F6N2O4+. The van der Waals surface area contributed by atoms with Gasteiger partial charge in [-0.1, -0.05) is 30.3 Å². The van der Waals surface area contributed by atoms with Crippen LogP contribution in [0.4, 0.5) is 32.2 Å². The molecule has 1 aromatic heterocycles. The Kier molecular flexibility index (Phi) is 6.20. The number of aromatic nitrogens is 1. The molecule has 0 N–H and O–H groups in total. The van der Waals surface area contributed by atoms with Crippen LogP contribution in [0, 0.1) is 0 Å². The largest absolute Gasteiger partial charge is 0.495 e. The number of pyridine rings is 1. The van der Waals surface area contributed by atoms with Gasteiger partial charge in [-0.15, -0.1) is 0 Å². The molecule has 31 heavy (non-hydrogen) atoms. The Morgan fingerprint density at radius 1 is 0.968 bits per heavy atom. The van der Waals surface area contributed by atoms with Crippen LogP contribution in [0.3, 0.4) is 0 Å². The van der Waals surface area contributed by atoms with E-state index in [1.165, 1.54) is 4.90 Å². The van der Waals surface area contributed by atoms with Crippen LogP contribution in [0.2, 0.25) is 0 Å². The number of halogens is 6. The molecule has 12 heteroatoms. The van der Waals surface area contributed by atoms with Crippen molar-refractivity contribution < 1.29 is 50.2 Å². The number of nitrogens with zero attached hydrogens (tertiary/aromatic N) is 2. The predicted octanol–water partition coefficient (Wildman–Crippen LogP) is 2.64. The molecule has 166 valence electrons. The van der Waals surface area contributed by atoms with E-state index in [1.807, 2.05) is 30.3 Å². The normalized spacial score (nSPS) is 14.8. The van der Waals surface area contributed by atoms with Gasteiger partial charge >= 0.3 is 24.1 Å². The summed E-state index contributed by atoms with van der Waals surface area (Å²) in [5.74, 6) is -5.08. The smallest absolute Gasteiger partial charge is 0.365 e. The molecule has 6 nitrogen and oxygen atoms in total. The molecule has 0 aliphatic carbocycles. The van der Waals surface area contributed by atoms with E-state index in [1.54, 1.807) is 0 Å². The monoisotopic (exact) mass is 449 g/mol. The minimum Gasteiger partial charge on any atom is -0.365 e. The highest BCUT2D eigenvalue weighted by Gasteiger charge is 2.46. The molecule has 0 unspecified atom stereocenters. The Hall–Kier alpha value is -3.15. The number of Topliss-reactive ketones (excluding diaryl/α,β-unsaturated/α-hetero) is 1. The van der Waals surface area contributed by atoms with Gasteiger partial charge in [0.1, 0.15) is 25.4 Å². The molecule has 1 aliphatic heterocycles.